The summed E-state index contributed by atoms with van der Waals surface area (Å²) in [7, 11) is 0. The van der Waals surface area contributed by atoms with Crippen LogP contribution >= 0.6 is 0 Å². The van der Waals surface area contributed by atoms with Gasteiger partial charge in [0, 0.05) is 11.1 Å². The van der Waals surface area contributed by atoms with Gasteiger partial charge in [-0.3, -0.25) is 4.57 Å². The van der Waals surface area contributed by atoms with Crippen molar-refractivity contribution >= 4 is 6.08 Å². The SMILES string of the molecule is C=Cc1ccccc1-n1cnnc1[C@@H]1O[C@@H]2COC(c3ccccc3)O[C@@H]2[C@H](n2cc(-c3cc(F)c(F)c(F)c3)nn2)[C@H]1O. The molecule has 5 aromatic rings. The molecule has 0 saturated carbocycles. The van der Waals surface area contributed by atoms with E-state index in [1.165, 1.54) is 17.2 Å². The summed E-state index contributed by atoms with van der Waals surface area (Å²) in [5.41, 5.74) is 2.32. The summed E-state index contributed by atoms with van der Waals surface area (Å²) in [6.07, 6.45) is 0.0120. The number of aromatic nitrogens is 6. The van der Waals surface area contributed by atoms with Crippen LogP contribution in [0.25, 0.3) is 23.0 Å². The number of rotatable bonds is 6. The zero-order valence-electron chi connectivity index (χ0n) is 23.0. The Hall–Kier alpha value is -4.69. The summed E-state index contributed by atoms with van der Waals surface area (Å²) in [6, 6.07) is 17.5. The molecule has 4 heterocycles. The molecule has 3 aromatic carbocycles. The van der Waals surface area contributed by atoms with Crippen molar-refractivity contribution in [2.45, 2.75) is 36.7 Å². The number of aliphatic hydroxyl groups is 1. The lowest BCUT2D eigenvalue weighted by Crippen LogP contribution is -2.57. The molecular formula is C31H25F3N6O4. The summed E-state index contributed by atoms with van der Waals surface area (Å²) in [5.74, 6) is -4.00. The van der Waals surface area contributed by atoms with Gasteiger partial charge in [-0.2, -0.15) is 0 Å². The number of ether oxygens (including phenoxy) is 3. The third-order valence-corrected chi connectivity index (χ3v) is 7.79. The highest BCUT2D eigenvalue weighted by Gasteiger charge is 2.52. The van der Waals surface area contributed by atoms with Crippen LogP contribution in [-0.4, -0.2) is 59.8 Å². The average Bonchev–Trinajstić information content (AvgIpc) is 3.74. The van der Waals surface area contributed by atoms with Crippen molar-refractivity contribution in [3.8, 4) is 16.9 Å². The summed E-state index contributed by atoms with van der Waals surface area (Å²) >= 11 is 0. The van der Waals surface area contributed by atoms with Crippen molar-refractivity contribution in [3.05, 3.63) is 120 Å². The van der Waals surface area contributed by atoms with Gasteiger partial charge >= 0.3 is 0 Å². The van der Waals surface area contributed by atoms with E-state index in [2.05, 4.69) is 27.1 Å². The van der Waals surface area contributed by atoms with E-state index in [9.17, 15) is 18.3 Å². The van der Waals surface area contributed by atoms with Crippen molar-refractivity contribution in [3.63, 3.8) is 0 Å². The Morgan fingerprint density at radius 2 is 1.70 bits per heavy atom. The highest BCUT2D eigenvalue weighted by molar-refractivity contribution is 5.59. The Bertz CT molecular complexity index is 1790. The van der Waals surface area contributed by atoms with E-state index in [0.29, 0.717) is 5.82 Å². The van der Waals surface area contributed by atoms with Gasteiger partial charge in [0.1, 0.15) is 42.5 Å². The smallest absolute Gasteiger partial charge is 0.194 e. The number of para-hydroxylation sites is 1. The minimum atomic E-state index is -1.59. The molecule has 0 amide bonds. The third kappa shape index (κ3) is 4.89. The lowest BCUT2D eigenvalue weighted by Gasteiger charge is -2.47. The lowest BCUT2D eigenvalue weighted by atomic mass is 9.91. The topological polar surface area (TPSA) is 109 Å². The predicted molar refractivity (Wildman–Crippen MR) is 149 cm³/mol. The maximum absolute atomic E-state index is 14.0. The average molecular weight is 603 g/mol. The largest absolute Gasteiger partial charge is 0.388 e. The summed E-state index contributed by atoms with van der Waals surface area (Å²) in [4.78, 5) is 0. The molecule has 0 spiro atoms. The van der Waals surface area contributed by atoms with Gasteiger partial charge in [-0.1, -0.05) is 66.4 Å². The Morgan fingerprint density at radius 1 is 0.955 bits per heavy atom. The van der Waals surface area contributed by atoms with Gasteiger partial charge in [0.2, 0.25) is 0 Å². The molecule has 224 valence electrons. The monoisotopic (exact) mass is 602 g/mol. The molecule has 2 fully saturated rings. The Morgan fingerprint density at radius 3 is 2.48 bits per heavy atom. The van der Waals surface area contributed by atoms with E-state index in [4.69, 9.17) is 14.2 Å². The second-order valence-electron chi connectivity index (χ2n) is 10.4. The maximum atomic E-state index is 14.0. The standard InChI is InChI=1S/C31H25F3N6O4/c1-2-17-8-6-7-11-23(17)39-16-35-37-30(39)29-27(41)26(28-24(43-29)15-42-31(44-28)18-9-4-3-5-10-18)40-14-22(36-38-40)19-12-20(32)25(34)21(33)13-19/h2-14,16,24,26-29,31,41H,1,15H2/t24-,26-,27-,28+,29-,31?/m1/s1. The van der Waals surface area contributed by atoms with Crippen molar-refractivity contribution in [1.29, 1.82) is 0 Å². The van der Waals surface area contributed by atoms with E-state index in [1.807, 2.05) is 54.6 Å². The molecular weight excluding hydrogens is 577 g/mol. The van der Waals surface area contributed by atoms with Gasteiger partial charge in [-0.25, -0.2) is 17.9 Å². The molecule has 2 saturated heterocycles. The second-order valence-corrected chi connectivity index (χ2v) is 10.4. The Kier molecular flexibility index (Phi) is 7.30. The molecule has 2 aliphatic heterocycles. The lowest BCUT2D eigenvalue weighted by molar-refractivity contribution is -0.319. The van der Waals surface area contributed by atoms with Crippen molar-refractivity contribution < 1.29 is 32.5 Å². The molecule has 44 heavy (non-hydrogen) atoms. The zero-order chi connectivity index (χ0) is 30.4. The van der Waals surface area contributed by atoms with Crippen molar-refractivity contribution in [2.24, 2.45) is 0 Å². The third-order valence-electron chi connectivity index (χ3n) is 7.79. The molecule has 0 radical (unpaired) electrons. The van der Waals surface area contributed by atoms with Gasteiger partial charge in [-0.15, -0.1) is 15.3 Å². The number of benzene rings is 3. The van der Waals surface area contributed by atoms with E-state index < -0.39 is 54.2 Å². The first kappa shape index (κ1) is 28.1. The van der Waals surface area contributed by atoms with Crippen LogP contribution in [-0.2, 0) is 14.2 Å². The molecule has 6 atom stereocenters. The minimum absolute atomic E-state index is 0.0295. The van der Waals surface area contributed by atoms with Crippen LogP contribution in [0.4, 0.5) is 13.2 Å². The first-order chi connectivity index (χ1) is 21.4. The normalized spacial score (nSPS) is 25.0. The minimum Gasteiger partial charge on any atom is -0.388 e. The van der Waals surface area contributed by atoms with Crippen LogP contribution in [0.3, 0.4) is 0 Å². The molecule has 0 bridgehead atoms. The predicted octanol–water partition coefficient (Wildman–Crippen LogP) is 4.74. The molecule has 1 unspecified atom stereocenters. The number of nitrogens with zero attached hydrogens (tertiary/aromatic N) is 6. The van der Waals surface area contributed by atoms with Gasteiger partial charge < -0.3 is 19.3 Å². The second kappa shape index (κ2) is 11.4. The quantitative estimate of drug-likeness (QED) is 0.278. The van der Waals surface area contributed by atoms with Gasteiger partial charge in [-0.05, 0) is 23.8 Å². The first-order valence-corrected chi connectivity index (χ1v) is 13.8. The molecule has 2 aromatic heterocycles. The fourth-order valence-electron chi connectivity index (χ4n) is 5.67. The van der Waals surface area contributed by atoms with Crippen LogP contribution < -0.4 is 0 Å². The van der Waals surface area contributed by atoms with Crippen LogP contribution in [0, 0.1) is 17.5 Å². The highest BCUT2D eigenvalue weighted by Crippen LogP contribution is 2.44. The van der Waals surface area contributed by atoms with E-state index >= 15 is 0 Å². The molecule has 2 aliphatic rings. The van der Waals surface area contributed by atoms with E-state index in [0.717, 1.165) is 28.9 Å². The van der Waals surface area contributed by atoms with Crippen LogP contribution in [0.15, 0.2) is 85.8 Å². The molecule has 1 N–H and O–H groups in total. The fraction of sp³-hybridized carbons (Fsp3) is 0.226. The van der Waals surface area contributed by atoms with Gasteiger partial charge in [0.15, 0.2) is 29.6 Å². The van der Waals surface area contributed by atoms with Crippen LogP contribution in [0.2, 0.25) is 0 Å². The fourth-order valence-corrected chi connectivity index (χ4v) is 5.67. The number of hydrogen-bond donors (Lipinski definition) is 1. The van der Waals surface area contributed by atoms with Crippen LogP contribution in [0.5, 0.6) is 0 Å². The van der Waals surface area contributed by atoms with E-state index in [1.54, 1.807) is 10.6 Å². The molecule has 7 rings (SSSR count). The summed E-state index contributed by atoms with van der Waals surface area (Å²) in [5, 5.41) is 28.6. The first-order valence-electron chi connectivity index (χ1n) is 13.8. The van der Waals surface area contributed by atoms with Gasteiger partial charge in [0.25, 0.3) is 0 Å². The van der Waals surface area contributed by atoms with Crippen molar-refractivity contribution in [1.82, 2.24) is 29.8 Å². The summed E-state index contributed by atoms with van der Waals surface area (Å²) < 4.78 is 63.6. The molecule has 10 nitrogen and oxygen atoms in total. The van der Waals surface area contributed by atoms with E-state index in [-0.39, 0.29) is 17.9 Å². The van der Waals surface area contributed by atoms with Crippen molar-refractivity contribution in [2.75, 3.05) is 6.61 Å². The Balaban J connectivity index is 1.29. The highest BCUT2D eigenvalue weighted by atomic mass is 19.2. The zero-order valence-corrected chi connectivity index (χ0v) is 23.0. The van der Waals surface area contributed by atoms with Gasteiger partial charge in [0.05, 0.1) is 18.5 Å². The number of aliphatic hydroxyl groups excluding tert-OH is 1. The molecule has 13 heteroatoms. The Labute approximate surface area is 248 Å². The molecule has 0 aliphatic carbocycles. The summed E-state index contributed by atoms with van der Waals surface area (Å²) in [6.45, 7) is 3.99. The maximum Gasteiger partial charge on any atom is 0.194 e. The number of halogens is 3. The number of hydrogen-bond acceptors (Lipinski definition) is 8. The van der Waals surface area contributed by atoms with Crippen LogP contribution in [0.1, 0.15) is 35.4 Å². The number of fused-ring (bicyclic) bond motifs is 1.